The first-order valence-corrected chi connectivity index (χ1v) is 10.00. The molecule has 33 heavy (non-hydrogen) atoms. The summed E-state index contributed by atoms with van der Waals surface area (Å²) in [5.41, 5.74) is 3.60. The molecule has 176 valence electrons. The van der Waals surface area contributed by atoms with E-state index in [4.69, 9.17) is 5.73 Å². The van der Waals surface area contributed by atoms with Crippen molar-refractivity contribution in [3.63, 3.8) is 0 Å². The normalized spacial score (nSPS) is 17.1. The van der Waals surface area contributed by atoms with E-state index in [0.29, 0.717) is 24.3 Å². The van der Waals surface area contributed by atoms with E-state index in [1.165, 1.54) is 12.1 Å². The minimum atomic E-state index is -4.62. The van der Waals surface area contributed by atoms with Gasteiger partial charge in [0.15, 0.2) is 0 Å². The van der Waals surface area contributed by atoms with E-state index in [2.05, 4.69) is 20.6 Å². The van der Waals surface area contributed by atoms with Gasteiger partial charge in [-0.25, -0.2) is 4.98 Å². The summed E-state index contributed by atoms with van der Waals surface area (Å²) < 4.78 is 79.3. The number of anilines is 4. The molecule has 1 aromatic heterocycles. The van der Waals surface area contributed by atoms with Gasteiger partial charge >= 0.3 is 12.4 Å². The van der Waals surface area contributed by atoms with Crippen molar-refractivity contribution >= 4 is 34.0 Å². The van der Waals surface area contributed by atoms with Gasteiger partial charge in [0.05, 0.1) is 16.6 Å². The second-order valence-corrected chi connectivity index (χ2v) is 7.79. The molecule has 0 amide bonds. The highest BCUT2D eigenvalue weighted by Crippen LogP contribution is 2.36. The molecule has 1 fully saturated rings. The number of aromatic nitrogens is 2. The zero-order chi connectivity index (χ0) is 24.0. The first-order chi connectivity index (χ1) is 15.4. The van der Waals surface area contributed by atoms with Crippen LogP contribution in [-0.2, 0) is 12.4 Å². The lowest BCUT2D eigenvalue weighted by molar-refractivity contribution is -0.138. The summed E-state index contributed by atoms with van der Waals surface area (Å²) in [6, 6.07) is 6.23. The predicted octanol–water partition coefficient (Wildman–Crippen LogP) is 4.79. The molecule has 2 heterocycles. The van der Waals surface area contributed by atoms with Gasteiger partial charge in [0.1, 0.15) is 5.82 Å². The maximum atomic E-state index is 13.3. The predicted molar refractivity (Wildman–Crippen MR) is 113 cm³/mol. The average Bonchev–Trinajstić information content (AvgIpc) is 3.20. The van der Waals surface area contributed by atoms with Crippen LogP contribution in [0.4, 0.5) is 49.5 Å². The molecule has 0 bridgehead atoms. The van der Waals surface area contributed by atoms with Crippen molar-refractivity contribution in [2.45, 2.75) is 24.8 Å². The van der Waals surface area contributed by atoms with Gasteiger partial charge in [0.2, 0.25) is 5.95 Å². The number of hydrogen-bond acceptors (Lipinski definition) is 6. The molecule has 1 atom stereocenters. The van der Waals surface area contributed by atoms with Gasteiger partial charge in [-0.15, -0.1) is 0 Å². The second kappa shape index (κ2) is 8.25. The largest absolute Gasteiger partial charge is 0.416 e. The maximum Gasteiger partial charge on any atom is 0.416 e. The summed E-state index contributed by atoms with van der Waals surface area (Å²) in [6.45, 7) is 1.17. The van der Waals surface area contributed by atoms with Crippen LogP contribution < -0.4 is 21.3 Å². The van der Waals surface area contributed by atoms with Crippen LogP contribution in [0.2, 0.25) is 0 Å². The SMILES string of the molecule is CN[C@H]1CCN(c2nc(Nc3cc(N)cc(C(F)(F)F)c3)nc3cc(C(F)(F)F)ccc23)C1. The van der Waals surface area contributed by atoms with E-state index < -0.39 is 23.5 Å². The van der Waals surface area contributed by atoms with Gasteiger partial charge in [0.25, 0.3) is 0 Å². The number of nitrogens with zero attached hydrogens (tertiary/aromatic N) is 3. The highest BCUT2D eigenvalue weighted by Gasteiger charge is 2.33. The molecule has 0 aliphatic carbocycles. The standard InChI is InChI=1S/C21H20F6N6/c1-29-14-4-5-33(10-14)18-16-3-2-11(20(22,23)24)8-17(16)31-19(32-18)30-15-7-12(21(25,26)27)6-13(28)9-15/h2-3,6-9,14,29H,4-5,10,28H2,1H3,(H,30,31,32)/t14-/m0/s1. The van der Waals surface area contributed by atoms with Gasteiger partial charge in [-0.1, -0.05) is 0 Å². The second-order valence-electron chi connectivity index (χ2n) is 7.79. The molecule has 1 aliphatic rings. The third-order valence-corrected chi connectivity index (χ3v) is 5.44. The summed E-state index contributed by atoms with van der Waals surface area (Å²) in [5, 5.41) is 6.23. The number of nitrogens with one attached hydrogen (secondary N) is 2. The van der Waals surface area contributed by atoms with E-state index in [9.17, 15) is 26.3 Å². The monoisotopic (exact) mass is 470 g/mol. The minimum absolute atomic E-state index is 0.0187. The van der Waals surface area contributed by atoms with Crippen LogP contribution in [0.5, 0.6) is 0 Å². The first kappa shape index (κ1) is 22.9. The summed E-state index contributed by atoms with van der Waals surface area (Å²) in [6.07, 6.45) is -8.40. The Bertz CT molecular complexity index is 1180. The Morgan fingerprint density at radius 2 is 1.70 bits per heavy atom. The van der Waals surface area contributed by atoms with E-state index in [1.807, 2.05) is 11.9 Å². The van der Waals surface area contributed by atoms with E-state index >= 15 is 0 Å². The van der Waals surface area contributed by atoms with Crippen molar-refractivity contribution < 1.29 is 26.3 Å². The third-order valence-electron chi connectivity index (χ3n) is 5.44. The van der Waals surface area contributed by atoms with Crippen LogP contribution in [0.25, 0.3) is 10.9 Å². The van der Waals surface area contributed by atoms with Gasteiger partial charge in [0, 0.05) is 35.9 Å². The van der Waals surface area contributed by atoms with Crippen molar-refractivity contribution in [2.75, 3.05) is 36.1 Å². The summed E-state index contributed by atoms with van der Waals surface area (Å²) >= 11 is 0. The van der Waals surface area contributed by atoms with Crippen LogP contribution in [0.15, 0.2) is 36.4 Å². The molecule has 6 nitrogen and oxygen atoms in total. The zero-order valence-corrected chi connectivity index (χ0v) is 17.3. The molecule has 1 saturated heterocycles. The molecule has 0 saturated carbocycles. The van der Waals surface area contributed by atoms with Gasteiger partial charge in [-0.05, 0) is 49.9 Å². The topological polar surface area (TPSA) is 79.1 Å². The Morgan fingerprint density at radius 1 is 0.970 bits per heavy atom. The summed E-state index contributed by atoms with van der Waals surface area (Å²) in [7, 11) is 1.81. The molecule has 0 unspecified atom stereocenters. The third kappa shape index (κ3) is 4.90. The minimum Gasteiger partial charge on any atom is -0.399 e. The average molecular weight is 470 g/mol. The van der Waals surface area contributed by atoms with Crippen LogP contribution >= 0.6 is 0 Å². The fourth-order valence-electron chi connectivity index (χ4n) is 3.79. The van der Waals surface area contributed by atoms with Crippen molar-refractivity contribution in [2.24, 2.45) is 0 Å². The molecular weight excluding hydrogens is 450 g/mol. The smallest absolute Gasteiger partial charge is 0.399 e. The Hall–Kier alpha value is -3.28. The number of benzene rings is 2. The number of nitrogens with two attached hydrogens (primary N) is 1. The Morgan fingerprint density at radius 3 is 2.33 bits per heavy atom. The number of likely N-dealkylation sites (N-methyl/N-ethyl adjacent to an activating group) is 1. The van der Waals surface area contributed by atoms with Crippen molar-refractivity contribution in [1.82, 2.24) is 15.3 Å². The van der Waals surface area contributed by atoms with Crippen LogP contribution in [0.1, 0.15) is 17.5 Å². The number of hydrogen-bond donors (Lipinski definition) is 3. The zero-order valence-electron chi connectivity index (χ0n) is 17.3. The fourth-order valence-corrected chi connectivity index (χ4v) is 3.79. The van der Waals surface area contributed by atoms with Gasteiger partial charge in [-0.2, -0.15) is 31.3 Å². The maximum absolute atomic E-state index is 13.3. The highest BCUT2D eigenvalue weighted by atomic mass is 19.4. The number of rotatable bonds is 4. The van der Waals surface area contributed by atoms with Gasteiger partial charge < -0.3 is 21.3 Å². The molecular formula is C21H20F6N6. The van der Waals surface area contributed by atoms with Crippen molar-refractivity contribution in [1.29, 1.82) is 0 Å². The number of alkyl halides is 6. The first-order valence-electron chi connectivity index (χ1n) is 10.00. The lowest BCUT2D eigenvalue weighted by Gasteiger charge is -2.21. The number of nitrogen functional groups attached to an aromatic ring is 1. The number of fused-ring (bicyclic) bond motifs is 1. The van der Waals surface area contributed by atoms with E-state index in [1.54, 1.807) is 0 Å². The molecule has 4 rings (SSSR count). The van der Waals surface area contributed by atoms with Gasteiger partial charge in [-0.3, -0.25) is 0 Å². The molecule has 0 radical (unpaired) electrons. The van der Waals surface area contributed by atoms with Crippen molar-refractivity contribution in [3.05, 3.63) is 47.5 Å². The van der Waals surface area contributed by atoms with Crippen LogP contribution in [0.3, 0.4) is 0 Å². The molecule has 1 aliphatic heterocycles. The van der Waals surface area contributed by atoms with Crippen molar-refractivity contribution in [3.8, 4) is 0 Å². The lowest BCUT2D eigenvalue weighted by atomic mass is 10.1. The quantitative estimate of drug-likeness (QED) is 0.376. The summed E-state index contributed by atoms with van der Waals surface area (Å²) in [5.74, 6) is 0.261. The Balaban J connectivity index is 1.80. The van der Waals surface area contributed by atoms with Crippen LogP contribution in [-0.4, -0.2) is 36.1 Å². The molecule has 3 aromatic rings. The molecule has 0 spiro atoms. The number of halogens is 6. The van der Waals surface area contributed by atoms with Crippen LogP contribution in [0, 0.1) is 0 Å². The molecule has 4 N–H and O–H groups in total. The highest BCUT2D eigenvalue weighted by molar-refractivity contribution is 5.91. The van der Waals surface area contributed by atoms with E-state index in [-0.39, 0.29) is 28.9 Å². The lowest BCUT2D eigenvalue weighted by Crippen LogP contribution is -2.30. The summed E-state index contributed by atoms with van der Waals surface area (Å²) in [4.78, 5) is 10.5. The Kier molecular flexibility index (Phi) is 5.72. The molecule has 12 heteroatoms. The Labute approximate surface area is 184 Å². The fraction of sp³-hybridized carbons (Fsp3) is 0.333. The van der Waals surface area contributed by atoms with E-state index in [0.717, 1.165) is 30.7 Å². The molecule has 2 aromatic carbocycles.